The Morgan fingerprint density at radius 2 is 1.78 bits per heavy atom. The monoisotopic (exact) mass is 319 g/mol. The van der Waals surface area contributed by atoms with Gasteiger partial charge in [-0.15, -0.1) is 0 Å². The van der Waals surface area contributed by atoms with Gasteiger partial charge in [-0.25, -0.2) is 0 Å². The first kappa shape index (κ1) is 18.1. The van der Waals surface area contributed by atoms with Crippen LogP contribution in [0.4, 0.5) is 11.4 Å². The van der Waals surface area contributed by atoms with Crippen LogP contribution in [0.3, 0.4) is 0 Å². The number of nitrogens with zero attached hydrogens (tertiary/aromatic N) is 1. The number of hydrogen-bond donors (Lipinski definition) is 2. The number of nitrogens with one attached hydrogen (secondary N) is 1. The minimum Gasteiger partial charge on any atom is -0.385 e. The molecule has 1 aromatic rings. The third kappa shape index (κ3) is 5.11. The molecule has 0 spiro atoms. The molecule has 2 unspecified atom stereocenters. The van der Waals surface area contributed by atoms with Crippen molar-refractivity contribution in [1.82, 2.24) is 0 Å². The molecule has 130 valence electrons. The summed E-state index contributed by atoms with van der Waals surface area (Å²) < 4.78 is 5.85. The number of benzene rings is 1. The average Bonchev–Trinajstić information content (AvgIpc) is 2.49. The van der Waals surface area contributed by atoms with E-state index in [1.807, 2.05) is 0 Å². The van der Waals surface area contributed by atoms with E-state index in [0.29, 0.717) is 12.2 Å². The van der Waals surface area contributed by atoms with Gasteiger partial charge in [-0.2, -0.15) is 0 Å². The maximum Gasteiger partial charge on any atom is 0.0726 e. The lowest BCUT2D eigenvalue weighted by atomic mass is 10.1. The molecule has 1 aliphatic rings. The zero-order valence-electron chi connectivity index (χ0n) is 15.2. The van der Waals surface area contributed by atoms with Crippen LogP contribution in [0.2, 0.25) is 0 Å². The van der Waals surface area contributed by atoms with E-state index in [1.165, 1.54) is 35.3 Å². The summed E-state index contributed by atoms with van der Waals surface area (Å²) in [4.78, 5) is 2.46. The Morgan fingerprint density at radius 3 is 2.43 bits per heavy atom. The molecule has 1 fully saturated rings. The summed E-state index contributed by atoms with van der Waals surface area (Å²) in [6.07, 6.45) is 4.07. The van der Waals surface area contributed by atoms with Gasteiger partial charge in [0.2, 0.25) is 0 Å². The summed E-state index contributed by atoms with van der Waals surface area (Å²) in [6, 6.07) is 4.61. The Bertz CT molecular complexity index is 494. The second-order valence-corrected chi connectivity index (χ2v) is 6.89. The molecule has 2 rings (SSSR count). The number of anilines is 2. The molecule has 1 heterocycles. The molecule has 0 amide bonds. The summed E-state index contributed by atoms with van der Waals surface area (Å²) >= 11 is 0. The summed E-state index contributed by atoms with van der Waals surface area (Å²) in [5.41, 5.74) is 10.8. The molecule has 1 saturated heterocycles. The van der Waals surface area contributed by atoms with Crippen molar-refractivity contribution < 1.29 is 4.74 Å². The Morgan fingerprint density at radius 1 is 1.09 bits per heavy atom. The molecular weight excluding hydrogens is 286 g/mol. The molecular formula is C19H33N3O. The number of unbranched alkanes of at least 4 members (excludes halogenated alkanes) is 2. The molecule has 0 aliphatic carbocycles. The highest BCUT2D eigenvalue weighted by Gasteiger charge is 2.23. The molecule has 0 radical (unpaired) electrons. The molecule has 4 heteroatoms. The molecule has 0 bridgehead atoms. The van der Waals surface area contributed by atoms with Crippen LogP contribution in [0, 0.1) is 13.8 Å². The highest BCUT2D eigenvalue weighted by atomic mass is 16.5. The molecule has 1 aliphatic heterocycles. The Labute approximate surface area is 141 Å². The fourth-order valence-electron chi connectivity index (χ4n) is 3.38. The van der Waals surface area contributed by atoms with Crippen LogP contribution in [0.5, 0.6) is 0 Å². The van der Waals surface area contributed by atoms with Gasteiger partial charge in [0.25, 0.3) is 0 Å². The van der Waals surface area contributed by atoms with Crippen molar-refractivity contribution in [1.29, 1.82) is 0 Å². The van der Waals surface area contributed by atoms with Gasteiger partial charge in [0.1, 0.15) is 0 Å². The maximum absolute atomic E-state index is 5.85. The fourth-order valence-corrected chi connectivity index (χ4v) is 3.38. The molecule has 4 nitrogen and oxygen atoms in total. The average molecular weight is 319 g/mol. The van der Waals surface area contributed by atoms with E-state index in [2.05, 4.69) is 50.0 Å². The number of aryl methyl sites for hydroxylation is 2. The number of rotatable bonds is 7. The first-order chi connectivity index (χ1) is 11.0. The zero-order chi connectivity index (χ0) is 16.8. The van der Waals surface area contributed by atoms with Crippen LogP contribution in [-0.4, -0.2) is 38.4 Å². The van der Waals surface area contributed by atoms with Crippen LogP contribution in [-0.2, 0) is 4.74 Å². The van der Waals surface area contributed by atoms with E-state index in [0.717, 1.165) is 32.6 Å². The van der Waals surface area contributed by atoms with Gasteiger partial charge in [-0.3, -0.25) is 0 Å². The zero-order valence-corrected chi connectivity index (χ0v) is 15.2. The predicted octanol–water partition coefficient (Wildman–Crippen LogP) is 3.46. The van der Waals surface area contributed by atoms with Crippen molar-refractivity contribution in [3.8, 4) is 0 Å². The van der Waals surface area contributed by atoms with Crippen molar-refractivity contribution in [2.45, 2.75) is 59.2 Å². The smallest absolute Gasteiger partial charge is 0.0726 e. The number of hydrogen-bond acceptors (Lipinski definition) is 4. The van der Waals surface area contributed by atoms with Crippen molar-refractivity contribution in [2.75, 3.05) is 36.4 Å². The molecule has 1 aromatic carbocycles. The summed E-state index contributed by atoms with van der Waals surface area (Å²) in [7, 11) is 0. The van der Waals surface area contributed by atoms with Crippen LogP contribution in [0.25, 0.3) is 0 Å². The largest absolute Gasteiger partial charge is 0.385 e. The van der Waals surface area contributed by atoms with Gasteiger partial charge in [0, 0.05) is 31.0 Å². The Kier molecular flexibility index (Phi) is 6.72. The minimum atomic E-state index is 0.291. The van der Waals surface area contributed by atoms with E-state index in [9.17, 15) is 0 Å². The van der Waals surface area contributed by atoms with Gasteiger partial charge in [-0.05, 0) is 70.3 Å². The van der Waals surface area contributed by atoms with Crippen LogP contribution >= 0.6 is 0 Å². The van der Waals surface area contributed by atoms with Crippen LogP contribution < -0.4 is 16.0 Å². The molecule has 2 atom stereocenters. The lowest BCUT2D eigenvalue weighted by Crippen LogP contribution is -2.45. The van der Waals surface area contributed by atoms with Crippen molar-refractivity contribution in [3.63, 3.8) is 0 Å². The second kappa shape index (κ2) is 8.55. The van der Waals surface area contributed by atoms with Crippen LogP contribution in [0.15, 0.2) is 12.1 Å². The van der Waals surface area contributed by atoms with Crippen molar-refractivity contribution in [2.24, 2.45) is 5.73 Å². The maximum atomic E-state index is 5.85. The lowest BCUT2D eigenvalue weighted by Gasteiger charge is -2.38. The third-order valence-corrected chi connectivity index (χ3v) is 4.50. The Hall–Kier alpha value is -1.26. The van der Waals surface area contributed by atoms with E-state index in [4.69, 9.17) is 10.5 Å². The quantitative estimate of drug-likeness (QED) is 0.756. The van der Waals surface area contributed by atoms with Gasteiger partial charge < -0.3 is 20.7 Å². The topological polar surface area (TPSA) is 50.5 Å². The minimum absolute atomic E-state index is 0.291. The second-order valence-electron chi connectivity index (χ2n) is 6.89. The fraction of sp³-hybridized carbons (Fsp3) is 0.684. The van der Waals surface area contributed by atoms with Gasteiger partial charge >= 0.3 is 0 Å². The van der Waals surface area contributed by atoms with Crippen LogP contribution in [0.1, 0.15) is 44.2 Å². The summed E-state index contributed by atoms with van der Waals surface area (Å²) in [5, 5.41) is 3.58. The third-order valence-electron chi connectivity index (χ3n) is 4.50. The number of nitrogens with two attached hydrogens (primary N) is 1. The normalized spacial score (nSPS) is 21.5. The van der Waals surface area contributed by atoms with Gasteiger partial charge in [-0.1, -0.05) is 6.42 Å². The van der Waals surface area contributed by atoms with E-state index < -0.39 is 0 Å². The highest BCUT2D eigenvalue weighted by Crippen LogP contribution is 2.29. The first-order valence-electron chi connectivity index (χ1n) is 8.97. The Balaban J connectivity index is 2.02. The van der Waals surface area contributed by atoms with Crippen molar-refractivity contribution >= 4 is 11.4 Å². The van der Waals surface area contributed by atoms with E-state index in [-0.39, 0.29) is 0 Å². The lowest BCUT2D eigenvalue weighted by molar-refractivity contribution is -0.00524. The molecule has 23 heavy (non-hydrogen) atoms. The number of ether oxygens (including phenoxy) is 1. The first-order valence-corrected chi connectivity index (χ1v) is 8.97. The molecule has 3 N–H and O–H groups in total. The van der Waals surface area contributed by atoms with Gasteiger partial charge in [0.15, 0.2) is 0 Å². The molecule has 0 aromatic heterocycles. The van der Waals surface area contributed by atoms with Crippen molar-refractivity contribution in [3.05, 3.63) is 23.3 Å². The van der Waals surface area contributed by atoms with E-state index in [1.54, 1.807) is 0 Å². The summed E-state index contributed by atoms with van der Waals surface area (Å²) in [6.45, 7) is 12.5. The number of morpholine rings is 1. The molecule has 0 saturated carbocycles. The van der Waals surface area contributed by atoms with E-state index >= 15 is 0 Å². The SMILES string of the molecule is Cc1cc(N2CC(C)OC(C)C2)c(C)cc1NCCCCCN. The standard InChI is InChI=1S/C19H33N3O/c1-14-11-19(22-12-16(3)23-17(4)13-22)15(2)10-18(14)21-9-7-5-6-8-20/h10-11,16-17,21H,5-9,12-13,20H2,1-4H3. The predicted molar refractivity (Wildman–Crippen MR) is 99.5 cm³/mol. The van der Waals surface area contributed by atoms with Gasteiger partial charge in [0.05, 0.1) is 12.2 Å². The highest BCUT2D eigenvalue weighted by molar-refractivity contribution is 5.65. The summed E-state index contributed by atoms with van der Waals surface area (Å²) in [5.74, 6) is 0.